The highest BCUT2D eigenvalue weighted by molar-refractivity contribution is 6.32. The number of anilines is 1. The molecule has 3 nitrogen and oxygen atoms in total. The van der Waals surface area contributed by atoms with Crippen LogP contribution >= 0.6 is 11.6 Å². The summed E-state index contributed by atoms with van der Waals surface area (Å²) in [5.74, 6) is 6.07. The van der Waals surface area contributed by atoms with Gasteiger partial charge in [0.1, 0.15) is 5.82 Å². The maximum absolute atomic E-state index is 6.03. The first-order chi connectivity index (χ1) is 7.13. The van der Waals surface area contributed by atoms with E-state index >= 15 is 0 Å². The Kier molecular flexibility index (Phi) is 2.50. The van der Waals surface area contributed by atoms with Crippen LogP contribution in [0.2, 0.25) is 5.02 Å². The van der Waals surface area contributed by atoms with Gasteiger partial charge in [0.15, 0.2) is 0 Å². The third-order valence-corrected chi connectivity index (χ3v) is 2.91. The molecule has 15 heavy (non-hydrogen) atoms. The molecule has 0 saturated heterocycles. The summed E-state index contributed by atoms with van der Waals surface area (Å²) in [4.78, 5) is 4.43. The number of hydrogen-bond acceptors (Lipinski definition) is 3. The van der Waals surface area contributed by atoms with Crippen LogP contribution in [0.25, 0.3) is 10.9 Å². The van der Waals surface area contributed by atoms with Crippen LogP contribution in [0.4, 0.5) is 5.82 Å². The van der Waals surface area contributed by atoms with E-state index in [4.69, 9.17) is 17.4 Å². The molecule has 0 bridgehead atoms. The maximum atomic E-state index is 6.03. The number of pyridine rings is 1. The summed E-state index contributed by atoms with van der Waals surface area (Å²) >= 11 is 6.03. The standard InChI is InChI=1S/C11H12ClN3/c1-6-5-8-3-4-9(12)7(2)10(8)14-11(6)15-13/h3-5H,13H2,1-2H3,(H,14,15). The maximum Gasteiger partial charge on any atom is 0.143 e. The molecule has 2 aromatic rings. The Balaban J connectivity index is 2.82. The van der Waals surface area contributed by atoms with Gasteiger partial charge in [-0.05, 0) is 37.1 Å². The molecule has 78 valence electrons. The van der Waals surface area contributed by atoms with Gasteiger partial charge in [-0.3, -0.25) is 0 Å². The van der Waals surface area contributed by atoms with Crippen LogP contribution in [0.5, 0.6) is 0 Å². The Morgan fingerprint density at radius 2 is 2.07 bits per heavy atom. The summed E-state index contributed by atoms with van der Waals surface area (Å²) in [6.07, 6.45) is 0. The molecule has 0 saturated carbocycles. The van der Waals surface area contributed by atoms with E-state index in [1.54, 1.807) is 0 Å². The van der Waals surface area contributed by atoms with Gasteiger partial charge in [-0.2, -0.15) is 0 Å². The number of benzene rings is 1. The minimum Gasteiger partial charge on any atom is -0.308 e. The zero-order valence-electron chi connectivity index (χ0n) is 8.63. The van der Waals surface area contributed by atoms with Crippen LogP contribution in [-0.4, -0.2) is 4.98 Å². The van der Waals surface area contributed by atoms with Crippen molar-refractivity contribution in [3.8, 4) is 0 Å². The molecular weight excluding hydrogens is 210 g/mol. The first kappa shape index (κ1) is 10.2. The number of nitrogens with one attached hydrogen (secondary N) is 1. The van der Waals surface area contributed by atoms with Crippen molar-refractivity contribution in [1.82, 2.24) is 4.98 Å². The van der Waals surface area contributed by atoms with Crippen LogP contribution in [0.15, 0.2) is 18.2 Å². The number of nitrogen functional groups attached to an aromatic ring is 1. The number of nitrogens with zero attached hydrogens (tertiary/aromatic N) is 1. The first-order valence-electron chi connectivity index (χ1n) is 4.66. The average Bonchev–Trinajstić information content (AvgIpc) is 2.23. The van der Waals surface area contributed by atoms with Crippen molar-refractivity contribution in [2.75, 3.05) is 5.43 Å². The molecule has 4 heteroatoms. The summed E-state index contributed by atoms with van der Waals surface area (Å²) in [5.41, 5.74) is 5.47. The van der Waals surface area contributed by atoms with Crippen LogP contribution in [0.3, 0.4) is 0 Å². The normalized spacial score (nSPS) is 10.7. The Morgan fingerprint density at radius 1 is 1.33 bits per heavy atom. The van der Waals surface area contributed by atoms with Crippen molar-refractivity contribution in [3.05, 3.63) is 34.3 Å². The lowest BCUT2D eigenvalue weighted by Gasteiger charge is -2.08. The topological polar surface area (TPSA) is 50.9 Å². The predicted octanol–water partition coefficient (Wildman–Crippen LogP) is 2.79. The fourth-order valence-electron chi connectivity index (χ4n) is 1.61. The van der Waals surface area contributed by atoms with Crippen molar-refractivity contribution in [2.24, 2.45) is 5.84 Å². The van der Waals surface area contributed by atoms with Crippen molar-refractivity contribution >= 4 is 28.3 Å². The van der Waals surface area contributed by atoms with Crippen LogP contribution in [0, 0.1) is 13.8 Å². The summed E-state index contributed by atoms with van der Waals surface area (Å²) in [5, 5.41) is 1.80. The number of hydrogen-bond donors (Lipinski definition) is 2. The SMILES string of the molecule is Cc1cc2ccc(Cl)c(C)c2nc1NN. The summed E-state index contributed by atoms with van der Waals surface area (Å²) < 4.78 is 0. The number of halogens is 1. The van der Waals surface area contributed by atoms with E-state index in [0.717, 1.165) is 27.1 Å². The fraction of sp³-hybridized carbons (Fsp3) is 0.182. The highest BCUT2D eigenvalue weighted by atomic mass is 35.5. The Bertz CT molecular complexity index is 523. The number of aromatic nitrogens is 1. The highest BCUT2D eigenvalue weighted by Crippen LogP contribution is 2.26. The molecule has 0 atom stereocenters. The molecule has 3 N–H and O–H groups in total. The molecule has 2 rings (SSSR count). The summed E-state index contributed by atoms with van der Waals surface area (Å²) in [6.45, 7) is 3.92. The van der Waals surface area contributed by atoms with Gasteiger partial charge in [0.05, 0.1) is 5.52 Å². The lowest BCUT2D eigenvalue weighted by atomic mass is 10.1. The number of fused-ring (bicyclic) bond motifs is 1. The molecule has 0 radical (unpaired) electrons. The van der Waals surface area contributed by atoms with Crippen molar-refractivity contribution in [3.63, 3.8) is 0 Å². The van der Waals surface area contributed by atoms with Crippen molar-refractivity contribution in [1.29, 1.82) is 0 Å². The molecular formula is C11H12ClN3. The summed E-state index contributed by atoms with van der Waals surface area (Å²) in [7, 11) is 0. The number of rotatable bonds is 1. The molecule has 0 aliphatic rings. The van der Waals surface area contributed by atoms with Crippen LogP contribution < -0.4 is 11.3 Å². The summed E-state index contributed by atoms with van der Waals surface area (Å²) in [6, 6.07) is 5.89. The number of nitrogens with two attached hydrogens (primary N) is 1. The zero-order chi connectivity index (χ0) is 11.0. The average molecular weight is 222 g/mol. The molecule has 1 aromatic carbocycles. The number of hydrazine groups is 1. The Labute approximate surface area is 93.2 Å². The Hall–Kier alpha value is -1.32. The quantitative estimate of drug-likeness (QED) is 0.575. The van der Waals surface area contributed by atoms with Crippen molar-refractivity contribution < 1.29 is 0 Å². The lowest BCUT2D eigenvalue weighted by molar-refractivity contribution is 1.22. The van der Waals surface area contributed by atoms with Gasteiger partial charge in [0, 0.05) is 10.4 Å². The second-order valence-electron chi connectivity index (χ2n) is 3.54. The molecule has 0 aliphatic carbocycles. The van der Waals surface area contributed by atoms with Gasteiger partial charge < -0.3 is 5.43 Å². The monoisotopic (exact) mass is 221 g/mol. The Morgan fingerprint density at radius 3 is 2.73 bits per heavy atom. The smallest absolute Gasteiger partial charge is 0.143 e. The minimum absolute atomic E-state index is 0.688. The molecule has 1 heterocycles. The molecule has 0 fully saturated rings. The van der Waals surface area contributed by atoms with E-state index in [1.165, 1.54) is 0 Å². The van der Waals surface area contributed by atoms with Gasteiger partial charge >= 0.3 is 0 Å². The van der Waals surface area contributed by atoms with Crippen LogP contribution in [-0.2, 0) is 0 Å². The van der Waals surface area contributed by atoms with Gasteiger partial charge in [0.25, 0.3) is 0 Å². The second-order valence-corrected chi connectivity index (χ2v) is 3.95. The first-order valence-corrected chi connectivity index (χ1v) is 5.04. The van der Waals surface area contributed by atoms with Gasteiger partial charge in [-0.15, -0.1) is 0 Å². The van der Waals surface area contributed by atoms with Gasteiger partial charge in [0.2, 0.25) is 0 Å². The van der Waals surface area contributed by atoms with Gasteiger partial charge in [-0.1, -0.05) is 17.7 Å². The highest BCUT2D eigenvalue weighted by Gasteiger charge is 2.06. The van der Waals surface area contributed by atoms with Crippen LogP contribution in [0.1, 0.15) is 11.1 Å². The predicted molar refractivity (Wildman–Crippen MR) is 64.0 cm³/mol. The third-order valence-electron chi connectivity index (χ3n) is 2.50. The third kappa shape index (κ3) is 1.64. The van der Waals surface area contributed by atoms with E-state index in [1.807, 2.05) is 32.0 Å². The van der Waals surface area contributed by atoms with E-state index in [-0.39, 0.29) is 0 Å². The van der Waals surface area contributed by atoms with E-state index in [2.05, 4.69) is 10.4 Å². The van der Waals surface area contributed by atoms with Crippen molar-refractivity contribution in [2.45, 2.75) is 13.8 Å². The molecule has 1 aromatic heterocycles. The largest absolute Gasteiger partial charge is 0.308 e. The molecule has 0 unspecified atom stereocenters. The van der Waals surface area contributed by atoms with E-state index < -0.39 is 0 Å². The number of aryl methyl sites for hydroxylation is 2. The fourth-order valence-corrected chi connectivity index (χ4v) is 1.76. The van der Waals surface area contributed by atoms with E-state index in [0.29, 0.717) is 5.82 Å². The van der Waals surface area contributed by atoms with E-state index in [9.17, 15) is 0 Å². The zero-order valence-corrected chi connectivity index (χ0v) is 9.39. The molecule has 0 amide bonds. The van der Waals surface area contributed by atoms with Gasteiger partial charge in [-0.25, -0.2) is 10.8 Å². The minimum atomic E-state index is 0.688. The lowest BCUT2D eigenvalue weighted by Crippen LogP contribution is -2.10. The molecule has 0 spiro atoms. The second kappa shape index (κ2) is 3.68. The molecule has 0 aliphatic heterocycles.